The number of allylic oxidation sites excluding steroid dienone is 2. The molecule has 0 rings (SSSR count). The highest BCUT2D eigenvalue weighted by Gasteiger charge is 1.85. The fourth-order valence-electron chi connectivity index (χ4n) is 0.317. The first-order valence-corrected chi connectivity index (χ1v) is 3.54. The van der Waals surface area contributed by atoms with Crippen molar-refractivity contribution in [2.45, 2.75) is 0 Å². The van der Waals surface area contributed by atoms with E-state index in [0.29, 0.717) is 0 Å². The molecule has 0 aliphatic heterocycles. The highest BCUT2D eigenvalue weighted by Crippen LogP contribution is 2.08. The van der Waals surface area contributed by atoms with E-state index in [-0.39, 0.29) is 6.61 Å². The summed E-state index contributed by atoms with van der Waals surface area (Å²) in [5, 5.41) is 8.52. The second-order valence-electron chi connectivity index (χ2n) is 1.23. The van der Waals surface area contributed by atoms with Crippen molar-refractivity contribution in [1.82, 2.24) is 0 Å². The Balaban J connectivity index is 3.66. The average Bonchev–Trinajstić information content (AvgIpc) is 1.83. The summed E-state index contributed by atoms with van der Waals surface area (Å²) in [6.07, 6.45) is 5.39. The van der Waals surface area contributed by atoms with Gasteiger partial charge in [0.25, 0.3) is 0 Å². The van der Waals surface area contributed by atoms with Crippen molar-refractivity contribution in [3.05, 3.63) is 23.6 Å². The standard InChI is InChI=1S/C6H10OS/c1-3-4-6(5-7)8-2/h3-4,7H,1,5H2,2H3/b6-4-. The van der Waals surface area contributed by atoms with E-state index >= 15 is 0 Å². The molecule has 1 N–H and O–H groups in total. The second kappa shape index (κ2) is 4.94. The van der Waals surface area contributed by atoms with Crippen LogP contribution in [-0.2, 0) is 0 Å². The Labute approximate surface area is 54.1 Å². The lowest BCUT2D eigenvalue weighted by atomic mass is 10.5. The first kappa shape index (κ1) is 7.79. The molecule has 1 nitrogen and oxygen atoms in total. The number of hydrogen-bond acceptors (Lipinski definition) is 2. The van der Waals surface area contributed by atoms with E-state index in [9.17, 15) is 0 Å². The molecule has 0 fully saturated rings. The predicted molar refractivity (Wildman–Crippen MR) is 38.9 cm³/mol. The van der Waals surface area contributed by atoms with E-state index in [2.05, 4.69) is 6.58 Å². The van der Waals surface area contributed by atoms with Crippen LogP contribution in [0.4, 0.5) is 0 Å². The van der Waals surface area contributed by atoms with Crippen LogP contribution in [0.2, 0.25) is 0 Å². The Morgan fingerprint density at radius 2 is 2.50 bits per heavy atom. The summed E-state index contributed by atoms with van der Waals surface area (Å²) in [7, 11) is 0. The zero-order valence-electron chi connectivity index (χ0n) is 4.92. The smallest absolute Gasteiger partial charge is 0.0740 e. The van der Waals surface area contributed by atoms with Crippen LogP contribution in [0, 0.1) is 0 Å². The van der Waals surface area contributed by atoms with Crippen LogP contribution in [0.1, 0.15) is 0 Å². The van der Waals surface area contributed by atoms with Crippen LogP contribution in [0.5, 0.6) is 0 Å². The van der Waals surface area contributed by atoms with Gasteiger partial charge in [-0.1, -0.05) is 18.7 Å². The number of thioether (sulfide) groups is 1. The third-order valence-electron chi connectivity index (χ3n) is 0.722. The van der Waals surface area contributed by atoms with Gasteiger partial charge < -0.3 is 5.11 Å². The molecule has 0 aromatic rings. The van der Waals surface area contributed by atoms with Crippen molar-refractivity contribution >= 4 is 11.8 Å². The van der Waals surface area contributed by atoms with E-state index < -0.39 is 0 Å². The Morgan fingerprint density at radius 3 is 2.62 bits per heavy atom. The van der Waals surface area contributed by atoms with Crippen molar-refractivity contribution in [3.63, 3.8) is 0 Å². The van der Waals surface area contributed by atoms with Gasteiger partial charge in [-0.3, -0.25) is 0 Å². The van der Waals surface area contributed by atoms with Gasteiger partial charge in [0, 0.05) is 4.91 Å². The summed E-state index contributed by atoms with van der Waals surface area (Å²) in [5.74, 6) is 0. The molecular formula is C6H10OS. The molecule has 0 aliphatic rings. The van der Waals surface area contributed by atoms with E-state index in [1.165, 1.54) is 11.8 Å². The SMILES string of the molecule is C=C/C=C(/CO)SC. The van der Waals surface area contributed by atoms with Gasteiger partial charge in [0.2, 0.25) is 0 Å². The summed E-state index contributed by atoms with van der Waals surface area (Å²) < 4.78 is 0. The second-order valence-corrected chi connectivity index (χ2v) is 2.16. The van der Waals surface area contributed by atoms with Crippen molar-refractivity contribution in [2.75, 3.05) is 12.9 Å². The maximum atomic E-state index is 8.52. The Hall–Kier alpha value is -0.210. The third kappa shape index (κ3) is 2.88. The summed E-state index contributed by atoms with van der Waals surface area (Å²) in [5.41, 5.74) is 0. The molecule has 46 valence electrons. The summed E-state index contributed by atoms with van der Waals surface area (Å²) >= 11 is 1.53. The minimum atomic E-state index is 0.118. The lowest BCUT2D eigenvalue weighted by molar-refractivity contribution is 0.339. The van der Waals surface area contributed by atoms with Crippen LogP contribution in [0.15, 0.2) is 23.6 Å². The molecule has 0 atom stereocenters. The lowest BCUT2D eigenvalue weighted by Gasteiger charge is -1.92. The molecule has 0 unspecified atom stereocenters. The summed E-state index contributed by atoms with van der Waals surface area (Å²) in [6.45, 7) is 3.61. The fraction of sp³-hybridized carbons (Fsp3) is 0.333. The molecule has 0 saturated heterocycles. The molecule has 0 saturated carbocycles. The minimum Gasteiger partial charge on any atom is -0.391 e. The molecule has 0 aliphatic carbocycles. The Morgan fingerprint density at radius 1 is 1.88 bits per heavy atom. The summed E-state index contributed by atoms with van der Waals surface area (Å²) in [4.78, 5) is 0.944. The molecule has 0 amide bonds. The molecule has 0 radical (unpaired) electrons. The molecule has 0 spiro atoms. The Bertz CT molecular complexity index is 90.7. The highest BCUT2D eigenvalue weighted by atomic mass is 32.2. The minimum absolute atomic E-state index is 0.118. The predicted octanol–water partition coefficient (Wildman–Crippen LogP) is 1.41. The van der Waals surface area contributed by atoms with Crippen LogP contribution in [0.3, 0.4) is 0 Å². The third-order valence-corrected chi connectivity index (χ3v) is 1.51. The first-order valence-electron chi connectivity index (χ1n) is 2.31. The van der Waals surface area contributed by atoms with Gasteiger partial charge >= 0.3 is 0 Å². The molecule has 0 aromatic heterocycles. The van der Waals surface area contributed by atoms with Crippen LogP contribution in [0.25, 0.3) is 0 Å². The van der Waals surface area contributed by atoms with E-state index in [4.69, 9.17) is 5.11 Å². The number of rotatable bonds is 3. The quantitative estimate of drug-likeness (QED) is 0.583. The zero-order chi connectivity index (χ0) is 6.41. The van der Waals surface area contributed by atoms with Gasteiger partial charge in [-0.2, -0.15) is 0 Å². The van der Waals surface area contributed by atoms with Crippen LogP contribution < -0.4 is 0 Å². The van der Waals surface area contributed by atoms with Crippen LogP contribution in [-0.4, -0.2) is 18.0 Å². The van der Waals surface area contributed by atoms with Gasteiger partial charge in [-0.15, -0.1) is 11.8 Å². The normalized spacial score (nSPS) is 11.5. The van der Waals surface area contributed by atoms with Gasteiger partial charge in [0.15, 0.2) is 0 Å². The topological polar surface area (TPSA) is 20.2 Å². The van der Waals surface area contributed by atoms with Crippen molar-refractivity contribution in [1.29, 1.82) is 0 Å². The number of aliphatic hydroxyl groups excluding tert-OH is 1. The molecule has 2 heteroatoms. The monoisotopic (exact) mass is 130 g/mol. The van der Waals surface area contributed by atoms with Crippen molar-refractivity contribution < 1.29 is 5.11 Å². The number of hydrogen-bond donors (Lipinski definition) is 1. The molecule has 8 heavy (non-hydrogen) atoms. The summed E-state index contributed by atoms with van der Waals surface area (Å²) in [6, 6.07) is 0. The maximum Gasteiger partial charge on any atom is 0.0740 e. The molecule has 0 bridgehead atoms. The van der Waals surface area contributed by atoms with Gasteiger partial charge in [0.1, 0.15) is 0 Å². The van der Waals surface area contributed by atoms with E-state index in [0.717, 1.165) is 4.91 Å². The number of aliphatic hydroxyl groups is 1. The zero-order valence-corrected chi connectivity index (χ0v) is 5.74. The molecule has 0 heterocycles. The fourth-order valence-corrected chi connectivity index (χ4v) is 0.678. The van der Waals surface area contributed by atoms with Crippen LogP contribution >= 0.6 is 11.8 Å². The van der Waals surface area contributed by atoms with E-state index in [1.54, 1.807) is 12.2 Å². The largest absolute Gasteiger partial charge is 0.391 e. The van der Waals surface area contributed by atoms with Gasteiger partial charge in [0.05, 0.1) is 6.61 Å². The molecular weight excluding hydrogens is 120 g/mol. The van der Waals surface area contributed by atoms with Crippen molar-refractivity contribution in [2.24, 2.45) is 0 Å². The Kier molecular flexibility index (Phi) is 4.81. The van der Waals surface area contributed by atoms with E-state index in [1.807, 2.05) is 6.26 Å². The average molecular weight is 130 g/mol. The van der Waals surface area contributed by atoms with Gasteiger partial charge in [-0.25, -0.2) is 0 Å². The lowest BCUT2D eigenvalue weighted by Crippen LogP contribution is -1.81. The maximum absolute atomic E-state index is 8.52. The first-order chi connectivity index (χ1) is 3.85. The van der Waals surface area contributed by atoms with Crippen molar-refractivity contribution in [3.8, 4) is 0 Å². The van der Waals surface area contributed by atoms with Gasteiger partial charge in [-0.05, 0) is 6.26 Å². The highest BCUT2D eigenvalue weighted by molar-refractivity contribution is 8.02. The molecule has 0 aromatic carbocycles.